The molecule has 2 aromatic rings. The number of hydrazine groups is 1. The Hall–Kier alpha value is -3.15. The Morgan fingerprint density at radius 3 is 2.36 bits per heavy atom. The lowest BCUT2D eigenvalue weighted by Gasteiger charge is -2.26. The van der Waals surface area contributed by atoms with Gasteiger partial charge in [-0.1, -0.05) is 48.5 Å². The van der Waals surface area contributed by atoms with Crippen molar-refractivity contribution >= 4 is 17.6 Å². The van der Waals surface area contributed by atoms with Crippen LogP contribution in [0.4, 0.5) is 4.79 Å². The van der Waals surface area contributed by atoms with Gasteiger partial charge in [0.2, 0.25) is 0 Å². The molecule has 110 valence electrons. The van der Waals surface area contributed by atoms with Crippen molar-refractivity contribution in [2.45, 2.75) is 0 Å². The van der Waals surface area contributed by atoms with Gasteiger partial charge in [-0.25, -0.2) is 15.2 Å². The van der Waals surface area contributed by atoms with Gasteiger partial charge in [0, 0.05) is 5.56 Å². The van der Waals surface area contributed by atoms with E-state index in [0.717, 1.165) is 5.56 Å². The van der Waals surface area contributed by atoms with Gasteiger partial charge < -0.3 is 0 Å². The molecule has 0 bridgehead atoms. The van der Waals surface area contributed by atoms with Crippen LogP contribution in [0.5, 0.6) is 0 Å². The number of benzene rings is 2. The molecule has 0 saturated heterocycles. The fourth-order valence-electron chi connectivity index (χ4n) is 2.09. The van der Waals surface area contributed by atoms with Crippen LogP contribution in [0.3, 0.4) is 0 Å². The highest BCUT2D eigenvalue weighted by atomic mass is 16.2. The predicted molar refractivity (Wildman–Crippen MR) is 82.1 cm³/mol. The van der Waals surface area contributed by atoms with Crippen molar-refractivity contribution < 1.29 is 9.59 Å². The molecule has 0 spiro atoms. The molecule has 0 atom stereocenters. The van der Waals surface area contributed by atoms with Crippen LogP contribution < -0.4 is 10.9 Å². The number of urea groups is 1. The summed E-state index contributed by atoms with van der Waals surface area (Å²) in [6.45, 7) is 0.203. The number of carbonyl (C=O) groups is 2. The van der Waals surface area contributed by atoms with Crippen molar-refractivity contribution in [3.63, 3.8) is 0 Å². The van der Waals surface area contributed by atoms with E-state index < -0.39 is 6.03 Å². The molecule has 3 amide bonds. The molecule has 0 fully saturated rings. The van der Waals surface area contributed by atoms with E-state index >= 15 is 0 Å². The zero-order valence-corrected chi connectivity index (χ0v) is 11.7. The van der Waals surface area contributed by atoms with Crippen LogP contribution in [0.15, 0.2) is 65.8 Å². The quantitative estimate of drug-likeness (QED) is 0.905. The summed E-state index contributed by atoms with van der Waals surface area (Å²) in [5, 5.41) is 5.25. The molecule has 0 saturated carbocycles. The number of nitrogens with one attached hydrogen (secondary N) is 2. The summed E-state index contributed by atoms with van der Waals surface area (Å²) in [6.07, 6.45) is 0. The Kier molecular flexibility index (Phi) is 3.82. The van der Waals surface area contributed by atoms with E-state index in [1.807, 2.05) is 36.4 Å². The molecule has 6 nitrogen and oxygen atoms in total. The number of carbonyl (C=O) groups excluding carboxylic acids is 2. The van der Waals surface area contributed by atoms with Crippen LogP contribution in [-0.4, -0.2) is 29.2 Å². The smallest absolute Gasteiger partial charge is 0.267 e. The molecule has 1 aliphatic heterocycles. The molecule has 0 aliphatic carbocycles. The van der Waals surface area contributed by atoms with E-state index in [1.165, 1.54) is 5.01 Å². The maximum absolute atomic E-state index is 12.1. The summed E-state index contributed by atoms with van der Waals surface area (Å²) < 4.78 is 0. The van der Waals surface area contributed by atoms with Crippen LogP contribution in [0.2, 0.25) is 0 Å². The third kappa shape index (κ3) is 2.95. The highest BCUT2D eigenvalue weighted by molar-refractivity contribution is 6.06. The summed E-state index contributed by atoms with van der Waals surface area (Å²) in [6, 6.07) is 17.7. The first-order valence-electron chi connectivity index (χ1n) is 6.79. The molecular formula is C16H14N4O2. The molecule has 1 heterocycles. The molecular weight excluding hydrogens is 280 g/mol. The van der Waals surface area contributed by atoms with Gasteiger partial charge in [-0.05, 0) is 17.7 Å². The molecule has 3 rings (SSSR count). The van der Waals surface area contributed by atoms with Crippen molar-refractivity contribution in [2.24, 2.45) is 5.10 Å². The van der Waals surface area contributed by atoms with Gasteiger partial charge in [-0.15, -0.1) is 0 Å². The first kappa shape index (κ1) is 13.8. The Morgan fingerprint density at radius 2 is 1.68 bits per heavy atom. The molecule has 0 radical (unpaired) electrons. The van der Waals surface area contributed by atoms with E-state index in [4.69, 9.17) is 0 Å². The standard InChI is InChI=1S/C16H14N4O2/c21-15(13-9-5-2-6-10-13)19-20-11-14(17-18-16(20)22)12-7-3-1-4-8-12/h1-10H,11H2,(H,18,22)(H,19,21). The van der Waals surface area contributed by atoms with Crippen LogP contribution >= 0.6 is 0 Å². The van der Waals surface area contributed by atoms with E-state index in [2.05, 4.69) is 16.0 Å². The topological polar surface area (TPSA) is 73.8 Å². The molecule has 0 aromatic heterocycles. The van der Waals surface area contributed by atoms with Crippen molar-refractivity contribution in [3.05, 3.63) is 71.8 Å². The largest absolute Gasteiger partial charge is 0.356 e. The third-order valence-electron chi connectivity index (χ3n) is 3.22. The van der Waals surface area contributed by atoms with Gasteiger partial charge in [0.1, 0.15) is 0 Å². The fraction of sp³-hybridized carbons (Fsp3) is 0.0625. The van der Waals surface area contributed by atoms with Crippen molar-refractivity contribution in [1.29, 1.82) is 0 Å². The number of hydrazone groups is 1. The van der Waals surface area contributed by atoms with Gasteiger partial charge >= 0.3 is 6.03 Å². The monoisotopic (exact) mass is 294 g/mol. The molecule has 0 unspecified atom stereocenters. The number of hydrogen-bond acceptors (Lipinski definition) is 3. The zero-order chi connectivity index (χ0) is 15.4. The number of nitrogens with zero attached hydrogens (tertiary/aromatic N) is 2. The average molecular weight is 294 g/mol. The second-order valence-corrected chi connectivity index (χ2v) is 4.73. The van der Waals surface area contributed by atoms with Crippen molar-refractivity contribution in [1.82, 2.24) is 15.9 Å². The Morgan fingerprint density at radius 1 is 1.05 bits per heavy atom. The van der Waals surface area contributed by atoms with Gasteiger partial charge in [0.15, 0.2) is 0 Å². The summed E-state index contributed by atoms with van der Waals surface area (Å²) in [7, 11) is 0. The minimum absolute atomic E-state index is 0.203. The van der Waals surface area contributed by atoms with Gasteiger partial charge in [0.05, 0.1) is 12.3 Å². The number of hydrogen-bond donors (Lipinski definition) is 2. The summed E-state index contributed by atoms with van der Waals surface area (Å²) in [5.41, 5.74) is 7.03. The number of rotatable bonds is 3. The lowest BCUT2D eigenvalue weighted by molar-refractivity contribution is 0.0839. The lowest BCUT2D eigenvalue weighted by Crippen LogP contribution is -2.54. The molecule has 22 heavy (non-hydrogen) atoms. The average Bonchev–Trinajstić information content (AvgIpc) is 2.58. The van der Waals surface area contributed by atoms with Crippen LogP contribution in [0.1, 0.15) is 15.9 Å². The third-order valence-corrected chi connectivity index (χ3v) is 3.22. The van der Waals surface area contributed by atoms with Gasteiger partial charge in [0.25, 0.3) is 5.91 Å². The van der Waals surface area contributed by atoms with Gasteiger partial charge in [-0.2, -0.15) is 5.10 Å². The minimum atomic E-state index is -0.469. The maximum atomic E-state index is 12.1. The Labute approximate surface area is 127 Å². The van der Waals surface area contributed by atoms with Crippen LogP contribution in [-0.2, 0) is 0 Å². The first-order chi connectivity index (χ1) is 10.7. The predicted octanol–water partition coefficient (Wildman–Crippen LogP) is 1.76. The summed E-state index contributed by atoms with van der Waals surface area (Å²) in [5.74, 6) is -0.343. The maximum Gasteiger partial charge on any atom is 0.356 e. The summed E-state index contributed by atoms with van der Waals surface area (Å²) >= 11 is 0. The SMILES string of the molecule is O=C(NN1CC(c2ccccc2)=NNC1=O)c1ccccc1. The van der Waals surface area contributed by atoms with E-state index in [1.54, 1.807) is 24.3 Å². The van der Waals surface area contributed by atoms with Crippen molar-refractivity contribution in [3.8, 4) is 0 Å². The van der Waals surface area contributed by atoms with Gasteiger partial charge in [-0.3, -0.25) is 10.2 Å². The fourth-order valence-corrected chi connectivity index (χ4v) is 2.09. The molecule has 2 N–H and O–H groups in total. The van der Waals surface area contributed by atoms with Crippen molar-refractivity contribution in [2.75, 3.05) is 6.54 Å². The number of amides is 3. The Bertz CT molecular complexity index is 713. The molecule has 1 aliphatic rings. The second kappa shape index (κ2) is 6.09. The highest BCUT2D eigenvalue weighted by Gasteiger charge is 2.23. The zero-order valence-electron chi connectivity index (χ0n) is 11.7. The lowest BCUT2D eigenvalue weighted by atomic mass is 10.1. The van der Waals surface area contributed by atoms with E-state index in [9.17, 15) is 9.59 Å². The Balaban J connectivity index is 1.73. The van der Waals surface area contributed by atoms with Crippen LogP contribution in [0.25, 0.3) is 0 Å². The van der Waals surface area contributed by atoms with Crippen LogP contribution in [0, 0.1) is 0 Å². The summed E-state index contributed by atoms with van der Waals surface area (Å²) in [4.78, 5) is 24.0. The minimum Gasteiger partial charge on any atom is -0.267 e. The van der Waals surface area contributed by atoms with E-state index in [0.29, 0.717) is 11.3 Å². The van der Waals surface area contributed by atoms with E-state index in [-0.39, 0.29) is 12.5 Å². The highest BCUT2D eigenvalue weighted by Crippen LogP contribution is 2.06. The molecule has 2 aromatic carbocycles. The normalized spacial score (nSPS) is 14.1. The second-order valence-electron chi connectivity index (χ2n) is 4.73. The first-order valence-corrected chi connectivity index (χ1v) is 6.79. The molecule has 6 heteroatoms.